The van der Waals surface area contributed by atoms with Crippen LogP contribution in [0.3, 0.4) is 0 Å². The summed E-state index contributed by atoms with van der Waals surface area (Å²) >= 11 is 0. The van der Waals surface area contributed by atoms with E-state index in [1.807, 2.05) is 0 Å². The fourth-order valence-electron chi connectivity index (χ4n) is 1.77. The van der Waals surface area contributed by atoms with Crippen molar-refractivity contribution >= 4 is 17.8 Å². The quantitative estimate of drug-likeness (QED) is 0.845. The molecule has 0 aliphatic heterocycles. The van der Waals surface area contributed by atoms with Crippen LogP contribution in [0.25, 0.3) is 6.08 Å². The van der Waals surface area contributed by atoms with Crippen molar-refractivity contribution in [3.63, 3.8) is 0 Å². The molecule has 0 saturated heterocycles. The lowest BCUT2D eigenvalue weighted by atomic mass is 10.1. The molecule has 23 heavy (non-hydrogen) atoms. The predicted molar refractivity (Wildman–Crippen MR) is 80.0 cm³/mol. The van der Waals surface area contributed by atoms with Crippen molar-refractivity contribution in [1.82, 2.24) is 9.97 Å². The third kappa shape index (κ3) is 4.00. The molecule has 0 spiro atoms. The maximum atomic E-state index is 13.6. The van der Waals surface area contributed by atoms with E-state index in [1.165, 1.54) is 32.2 Å². The first-order valence-corrected chi connectivity index (χ1v) is 6.48. The van der Waals surface area contributed by atoms with Crippen LogP contribution >= 0.6 is 0 Å². The minimum atomic E-state index is -0.874. The second-order valence-electron chi connectivity index (χ2n) is 4.59. The third-order valence-corrected chi connectivity index (χ3v) is 2.92. The van der Waals surface area contributed by atoms with Gasteiger partial charge in [0.1, 0.15) is 0 Å². The van der Waals surface area contributed by atoms with Gasteiger partial charge in [-0.25, -0.2) is 13.6 Å². The monoisotopic (exact) mass is 321 g/mol. The zero-order valence-corrected chi connectivity index (χ0v) is 12.3. The second-order valence-corrected chi connectivity index (χ2v) is 4.59. The van der Waals surface area contributed by atoms with Gasteiger partial charge in [-0.05, 0) is 30.7 Å². The zero-order valence-electron chi connectivity index (χ0n) is 12.3. The van der Waals surface area contributed by atoms with E-state index in [9.17, 15) is 18.4 Å². The van der Waals surface area contributed by atoms with Crippen molar-refractivity contribution < 1.29 is 18.3 Å². The number of methoxy groups -OCH3 is 1. The summed E-state index contributed by atoms with van der Waals surface area (Å²) in [5.74, 6) is -2.40. The van der Waals surface area contributed by atoms with Gasteiger partial charge in [0.05, 0.1) is 13.3 Å². The van der Waals surface area contributed by atoms with E-state index < -0.39 is 23.2 Å². The summed E-state index contributed by atoms with van der Waals surface area (Å²) in [6, 6.07) is 4.18. The molecule has 1 amide bonds. The number of hydrogen-bond donors (Lipinski definition) is 2. The smallest absolute Gasteiger partial charge is 0.346 e. The fraction of sp³-hybridized carbons (Fsp3) is 0.133. The summed E-state index contributed by atoms with van der Waals surface area (Å²) in [4.78, 5) is 28.3. The Kier molecular flexibility index (Phi) is 4.85. The highest BCUT2D eigenvalue weighted by Gasteiger charge is 2.11. The maximum absolute atomic E-state index is 13.6. The molecule has 1 aromatic carbocycles. The Balaban J connectivity index is 2.20. The molecule has 0 aliphatic carbocycles. The van der Waals surface area contributed by atoms with E-state index in [2.05, 4.69) is 15.3 Å². The molecule has 0 atom stereocenters. The number of aromatic amines is 1. The summed E-state index contributed by atoms with van der Waals surface area (Å²) in [5, 5.41) is 2.21. The third-order valence-electron chi connectivity index (χ3n) is 2.92. The molecule has 0 unspecified atom stereocenters. The van der Waals surface area contributed by atoms with Crippen molar-refractivity contribution in [1.29, 1.82) is 0 Å². The molecule has 2 aromatic rings. The van der Waals surface area contributed by atoms with Crippen LogP contribution in [0.15, 0.2) is 34.8 Å². The van der Waals surface area contributed by atoms with Gasteiger partial charge in [-0.15, -0.1) is 0 Å². The van der Waals surface area contributed by atoms with E-state index in [0.717, 1.165) is 0 Å². The summed E-state index contributed by atoms with van der Waals surface area (Å²) < 4.78 is 31.8. The number of halogens is 2. The normalized spacial score (nSPS) is 11.2. The summed E-state index contributed by atoms with van der Waals surface area (Å²) in [7, 11) is 1.34. The Morgan fingerprint density at radius 3 is 2.74 bits per heavy atom. The number of anilines is 1. The average Bonchev–Trinajstić information content (AvgIpc) is 2.51. The molecule has 120 valence electrons. The van der Waals surface area contributed by atoms with Crippen molar-refractivity contribution in [2.45, 2.75) is 6.92 Å². The van der Waals surface area contributed by atoms with E-state index >= 15 is 0 Å². The minimum absolute atomic E-state index is 0.0840. The van der Waals surface area contributed by atoms with Gasteiger partial charge in [0.25, 0.3) is 5.91 Å². The number of carbonyl (C=O) groups is 1. The molecule has 1 heterocycles. The van der Waals surface area contributed by atoms with E-state index in [4.69, 9.17) is 4.74 Å². The number of aromatic nitrogens is 2. The molecule has 6 nitrogen and oxygen atoms in total. The highest BCUT2D eigenvalue weighted by atomic mass is 19.1. The molecule has 8 heteroatoms. The van der Waals surface area contributed by atoms with Gasteiger partial charge in [0.2, 0.25) is 0 Å². The van der Waals surface area contributed by atoms with Crippen LogP contribution < -0.4 is 15.7 Å². The minimum Gasteiger partial charge on any atom is -0.494 e. The molecule has 2 rings (SSSR count). The lowest BCUT2D eigenvalue weighted by Crippen LogP contribution is -2.20. The fourth-order valence-corrected chi connectivity index (χ4v) is 1.77. The number of hydrogen-bond acceptors (Lipinski definition) is 4. The highest BCUT2D eigenvalue weighted by Crippen LogP contribution is 2.19. The predicted octanol–water partition coefficient (Wildman–Crippen LogP) is 2.10. The van der Waals surface area contributed by atoms with Crippen LogP contribution in [0.4, 0.5) is 14.6 Å². The molecule has 0 fully saturated rings. The highest BCUT2D eigenvalue weighted by molar-refractivity contribution is 6.05. The largest absolute Gasteiger partial charge is 0.494 e. The Morgan fingerprint density at radius 2 is 2.09 bits per heavy atom. The Hall–Kier alpha value is -3.03. The van der Waals surface area contributed by atoms with E-state index in [-0.39, 0.29) is 17.1 Å². The molecule has 0 saturated carbocycles. The van der Waals surface area contributed by atoms with Crippen LogP contribution in [0, 0.1) is 11.6 Å². The number of rotatable bonds is 4. The number of amides is 1. The molecular weight excluding hydrogens is 308 g/mol. The average molecular weight is 321 g/mol. The summed E-state index contributed by atoms with van der Waals surface area (Å²) in [6.45, 7) is 1.47. The van der Waals surface area contributed by atoms with Gasteiger partial charge in [-0.2, -0.15) is 4.98 Å². The topological polar surface area (TPSA) is 84.1 Å². The van der Waals surface area contributed by atoms with Crippen LogP contribution in [0.5, 0.6) is 5.75 Å². The van der Waals surface area contributed by atoms with Gasteiger partial charge in [0.15, 0.2) is 23.2 Å². The van der Waals surface area contributed by atoms with Gasteiger partial charge in [0, 0.05) is 5.57 Å². The van der Waals surface area contributed by atoms with Crippen LogP contribution in [-0.4, -0.2) is 23.0 Å². The number of H-pyrrole nitrogens is 1. The SMILES string of the molecule is COc1ccc(/C=C(\C)C(=O)Nc2[nH]c(=O)ncc2F)cc1F. The lowest BCUT2D eigenvalue weighted by molar-refractivity contribution is -0.112. The molecule has 2 N–H and O–H groups in total. The Bertz CT molecular complexity index is 831. The number of carbonyl (C=O) groups excluding carboxylic acids is 1. The molecule has 0 aliphatic rings. The number of nitrogens with one attached hydrogen (secondary N) is 2. The number of nitrogens with zero attached hydrogens (tertiary/aromatic N) is 1. The number of ether oxygens (including phenoxy) is 1. The molecular formula is C15H13F2N3O3. The van der Waals surface area contributed by atoms with E-state index in [1.54, 1.807) is 6.07 Å². The van der Waals surface area contributed by atoms with Gasteiger partial charge < -0.3 is 10.1 Å². The summed E-state index contributed by atoms with van der Waals surface area (Å²) in [5.41, 5.74) is -0.174. The van der Waals surface area contributed by atoms with Crippen molar-refractivity contribution in [3.05, 3.63) is 57.7 Å². The van der Waals surface area contributed by atoms with Crippen LogP contribution in [0.2, 0.25) is 0 Å². The Labute approximate surface area is 129 Å². The van der Waals surface area contributed by atoms with Crippen molar-refractivity contribution in [2.75, 3.05) is 12.4 Å². The maximum Gasteiger partial charge on any atom is 0.346 e. The van der Waals surface area contributed by atoms with Crippen molar-refractivity contribution in [2.24, 2.45) is 0 Å². The van der Waals surface area contributed by atoms with Gasteiger partial charge in [-0.3, -0.25) is 9.78 Å². The molecule has 0 radical (unpaired) electrons. The van der Waals surface area contributed by atoms with Crippen LogP contribution in [0.1, 0.15) is 12.5 Å². The Morgan fingerprint density at radius 1 is 1.35 bits per heavy atom. The lowest BCUT2D eigenvalue weighted by Gasteiger charge is -2.06. The first-order chi connectivity index (χ1) is 10.9. The molecule has 0 bridgehead atoms. The standard InChI is InChI=1S/C15H13F2N3O3/c1-8(5-9-3-4-12(23-2)10(16)6-9)14(21)19-13-11(17)7-18-15(22)20-13/h3-7H,1-2H3,(H2,18,19,20,21,22)/b8-5+. The van der Waals surface area contributed by atoms with Gasteiger partial charge in [-0.1, -0.05) is 6.07 Å². The van der Waals surface area contributed by atoms with Crippen LogP contribution in [-0.2, 0) is 4.79 Å². The summed E-state index contributed by atoms with van der Waals surface area (Å²) in [6.07, 6.45) is 2.11. The van der Waals surface area contributed by atoms with E-state index in [0.29, 0.717) is 11.8 Å². The zero-order chi connectivity index (χ0) is 17.0. The second kappa shape index (κ2) is 6.82. The first kappa shape index (κ1) is 16.3. The first-order valence-electron chi connectivity index (χ1n) is 6.48. The molecule has 1 aromatic heterocycles. The number of benzene rings is 1. The van der Waals surface area contributed by atoms with Gasteiger partial charge >= 0.3 is 5.69 Å². The van der Waals surface area contributed by atoms with Crippen molar-refractivity contribution in [3.8, 4) is 5.75 Å².